The predicted octanol–water partition coefficient (Wildman–Crippen LogP) is 0.439. The van der Waals surface area contributed by atoms with Crippen LogP contribution in [0.3, 0.4) is 0 Å². The molecule has 4 nitrogen and oxygen atoms in total. The van der Waals surface area contributed by atoms with Crippen molar-refractivity contribution in [1.29, 1.82) is 0 Å². The van der Waals surface area contributed by atoms with Crippen molar-refractivity contribution < 1.29 is 9.90 Å². The first kappa shape index (κ1) is 8.13. The Hall–Kier alpha value is -0.970. The van der Waals surface area contributed by atoms with Gasteiger partial charge in [-0.3, -0.25) is 0 Å². The molecule has 11 heavy (non-hydrogen) atoms. The van der Waals surface area contributed by atoms with Crippen molar-refractivity contribution in [2.45, 2.75) is 6.04 Å². The van der Waals surface area contributed by atoms with Gasteiger partial charge >= 0.3 is 5.97 Å². The molecule has 0 aliphatic carbocycles. The van der Waals surface area contributed by atoms with Crippen molar-refractivity contribution in [3.8, 4) is 0 Å². The number of nitrogens with zero attached hydrogens (tertiary/aromatic N) is 2. The molecule has 0 bridgehead atoms. The molecule has 0 radical (unpaired) electrons. The number of carboxylic acid groups (broad SMARTS) is 1. The van der Waals surface area contributed by atoms with Gasteiger partial charge in [0, 0.05) is 18.1 Å². The van der Waals surface area contributed by atoms with E-state index in [9.17, 15) is 4.79 Å². The van der Waals surface area contributed by atoms with Gasteiger partial charge in [-0.05, 0) is 0 Å². The minimum atomic E-state index is -0.891. The van der Waals surface area contributed by atoms with Gasteiger partial charge in [0.25, 0.3) is 0 Å². The summed E-state index contributed by atoms with van der Waals surface area (Å²) < 4.78 is 1.51. The van der Waals surface area contributed by atoms with Crippen molar-refractivity contribution in [2.24, 2.45) is 0 Å². The van der Waals surface area contributed by atoms with Crippen LogP contribution in [0.2, 0.25) is 0 Å². The highest BCUT2D eigenvalue weighted by Gasteiger charge is 2.15. The van der Waals surface area contributed by atoms with Crippen LogP contribution >= 0.6 is 12.6 Å². The van der Waals surface area contributed by atoms with Gasteiger partial charge in [-0.15, -0.1) is 0 Å². The van der Waals surface area contributed by atoms with E-state index < -0.39 is 12.0 Å². The summed E-state index contributed by atoms with van der Waals surface area (Å²) in [5.74, 6) is -0.621. The molecule has 5 heteroatoms. The molecule has 0 fully saturated rings. The standard InChI is InChI=1S/C6H8N2O2S/c9-6(10)5(3-11)8-2-1-7-4-8/h1-2,4-5,11H,3H2,(H,9,10). The Morgan fingerprint density at radius 1 is 1.82 bits per heavy atom. The predicted molar refractivity (Wildman–Crippen MR) is 42.8 cm³/mol. The van der Waals surface area contributed by atoms with Crippen LogP contribution in [0.1, 0.15) is 6.04 Å². The van der Waals surface area contributed by atoms with Gasteiger partial charge in [0.2, 0.25) is 0 Å². The molecule has 0 aromatic carbocycles. The topological polar surface area (TPSA) is 55.1 Å². The van der Waals surface area contributed by atoms with Crippen LogP contribution in [0, 0.1) is 0 Å². The Morgan fingerprint density at radius 2 is 2.55 bits per heavy atom. The molecule has 1 N–H and O–H groups in total. The fraction of sp³-hybridized carbons (Fsp3) is 0.333. The molecule has 0 aliphatic heterocycles. The lowest BCUT2D eigenvalue weighted by molar-refractivity contribution is -0.140. The third-order valence-electron chi connectivity index (χ3n) is 1.34. The smallest absolute Gasteiger partial charge is 0.327 e. The van der Waals surface area contributed by atoms with Crippen LogP contribution in [0.15, 0.2) is 18.7 Å². The second kappa shape index (κ2) is 3.43. The number of hydrogen-bond acceptors (Lipinski definition) is 3. The van der Waals surface area contributed by atoms with Crippen LogP contribution in [0.25, 0.3) is 0 Å². The van der Waals surface area contributed by atoms with E-state index in [1.807, 2.05) is 0 Å². The van der Waals surface area contributed by atoms with E-state index in [-0.39, 0.29) is 5.75 Å². The third kappa shape index (κ3) is 1.74. The molecule has 1 heterocycles. The van der Waals surface area contributed by atoms with Crippen LogP contribution in [-0.2, 0) is 4.79 Å². The van der Waals surface area contributed by atoms with Crippen LogP contribution in [0.5, 0.6) is 0 Å². The van der Waals surface area contributed by atoms with Crippen LogP contribution in [-0.4, -0.2) is 26.4 Å². The quantitative estimate of drug-likeness (QED) is 0.650. The Kier molecular flexibility index (Phi) is 2.53. The maximum Gasteiger partial charge on any atom is 0.327 e. The summed E-state index contributed by atoms with van der Waals surface area (Å²) in [5, 5.41) is 8.65. The average molecular weight is 172 g/mol. The van der Waals surface area contributed by atoms with Crippen LogP contribution in [0.4, 0.5) is 0 Å². The van der Waals surface area contributed by atoms with E-state index in [0.29, 0.717) is 0 Å². The summed E-state index contributed by atoms with van der Waals surface area (Å²) in [7, 11) is 0. The first-order chi connectivity index (χ1) is 5.25. The largest absolute Gasteiger partial charge is 0.480 e. The number of rotatable bonds is 3. The maximum atomic E-state index is 10.5. The second-order valence-electron chi connectivity index (χ2n) is 2.05. The van der Waals surface area contributed by atoms with Gasteiger partial charge in [0.15, 0.2) is 0 Å². The fourth-order valence-electron chi connectivity index (χ4n) is 0.754. The summed E-state index contributed by atoms with van der Waals surface area (Å²) in [4.78, 5) is 14.3. The first-order valence-electron chi connectivity index (χ1n) is 3.07. The van der Waals surface area contributed by atoms with Gasteiger partial charge in [-0.2, -0.15) is 12.6 Å². The van der Waals surface area contributed by atoms with E-state index in [4.69, 9.17) is 5.11 Å². The number of aliphatic carboxylic acids is 1. The molecule has 0 spiro atoms. The average Bonchev–Trinajstić information content (AvgIpc) is 2.40. The van der Waals surface area contributed by atoms with Gasteiger partial charge < -0.3 is 9.67 Å². The minimum Gasteiger partial charge on any atom is -0.480 e. The lowest BCUT2D eigenvalue weighted by Gasteiger charge is -2.09. The monoisotopic (exact) mass is 172 g/mol. The van der Waals surface area contributed by atoms with Crippen molar-refractivity contribution >= 4 is 18.6 Å². The fourth-order valence-corrected chi connectivity index (χ4v) is 1.10. The Labute approximate surface area is 69.3 Å². The lowest BCUT2D eigenvalue weighted by Crippen LogP contribution is -2.19. The van der Waals surface area contributed by atoms with E-state index >= 15 is 0 Å². The Bertz CT molecular complexity index is 235. The Balaban J connectivity index is 2.79. The van der Waals surface area contributed by atoms with E-state index in [0.717, 1.165) is 0 Å². The van der Waals surface area contributed by atoms with Crippen LogP contribution < -0.4 is 0 Å². The molecule has 60 valence electrons. The van der Waals surface area contributed by atoms with Crippen molar-refractivity contribution in [1.82, 2.24) is 9.55 Å². The summed E-state index contributed by atoms with van der Waals surface area (Å²) in [6.45, 7) is 0. The molecule has 0 amide bonds. The highest BCUT2D eigenvalue weighted by molar-refractivity contribution is 7.80. The third-order valence-corrected chi connectivity index (χ3v) is 1.69. The molecular formula is C6H8N2O2S. The van der Waals surface area contributed by atoms with E-state index in [1.54, 1.807) is 12.4 Å². The van der Waals surface area contributed by atoms with E-state index in [1.165, 1.54) is 10.9 Å². The van der Waals surface area contributed by atoms with E-state index in [2.05, 4.69) is 17.6 Å². The first-order valence-corrected chi connectivity index (χ1v) is 3.70. The summed E-state index contributed by atoms with van der Waals surface area (Å²) >= 11 is 3.91. The van der Waals surface area contributed by atoms with Gasteiger partial charge in [-0.1, -0.05) is 0 Å². The van der Waals surface area contributed by atoms with Crippen molar-refractivity contribution in [3.63, 3.8) is 0 Å². The number of carboxylic acids is 1. The second-order valence-corrected chi connectivity index (χ2v) is 2.41. The molecule has 1 aromatic heterocycles. The number of thiol groups is 1. The molecule has 0 saturated heterocycles. The molecule has 1 atom stereocenters. The zero-order chi connectivity index (χ0) is 8.27. The summed E-state index contributed by atoms with van der Waals surface area (Å²) in [6.07, 6.45) is 4.61. The minimum absolute atomic E-state index is 0.270. The Morgan fingerprint density at radius 3 is 2.91 bits per heavy atom. The summed E-state index contributed by atoms with van der Waals surface area (Å²) in [6, 6.07) is -0.610. The molecule has 0 saturated carbocycles. The molecular weight excluding hydrogens is 164 g/mol. The molecule has 1 unspecified atom stereocenters. The van der Waals surface area contributed by atoms with Gasteiger partial charge in [0.1, 0.15) is 6.04 Å². The normalized spacial score (nSPS) is 12.8. The number of carbonyl (C=O) groups is 1. The molecule has 1 aromatic rings. The highest BCUT2D eigenvalue weighted by Crippen LogP contribution is 2.06. The lowest BCUT2D eigenvalue weighted by atomic mass is 10.3. The number of hydrogen-bond donors (Lipinski definition) is 2. The zero-order valence-corrected chi connectivity index (χ0v) is 6.61. The maximum absolute atomic E-state index is 10.5. The number of imidazole rings is 1. The zero-order valence-electron chi connectivity index (χ0n) is 5.71. The summed E-state index contributed by atoms with van der Waals surface area (Å²) in [5.41, 5.74) is 0. The van der Waals surface area contributed by atoms with Crippen molar-refractivity contribution in [2.75, 3.05) is 5.75 Å². The highest BCUT2D eigenvalue weighted by atomic mass is 32.1. The van der Waals surface area contributed by atoms with Crippen molar-refractivity contribution in [3.05, 3.63) is 18.7 Å². The SMILES string of the molecule is O=C(O)C(CS)n1ccnc1. The molecule has 0 aliphatic rings. The van der Waals surface area contributed by atoms with Gasteiger partial charge in [0.05, 0.1) is 6.33 Å². The van der Waals surface area contributed by atoms with Gasteiger partial charge in [-0.25, -0.2) is 9.78 Å². The number of aromatic nitrogens is 2. The molecule has 1 rings (SSSR count).